The predicted molar refractivity (Wildman–Crippen MR) is 56.3 cm³/mol. The fourth-order valence-corrected chi connectivity index (χ4v) is 1.30. The number of Topliss-reactive ketones (excluding diaryl/α,β-unsaturated/α-hetero) is 1. The lowest BCUT2D eigenvalue weighted by Crippen LogP contribution is -2.62. The second kappa shape index (κ2) is 6.15. The van der Waals surface area contributed by atoms with E-state index in [2.05, 4.69) is 11.3 Å². The van der Waals surface area contributed by atoms with Gasteiger partial charge in [-0.15, -0.1) is 0 Å². The molecule has 1 heterocycles. The van der Waals surface area contributed by atoms with Gasteiger partial charge < -0.3 is 14.2 Å². The molecule has 0 spiro atoms. The molecule has 2 unspecified atom stereocenters. The standard InChI is InChI=1S/C11H13F5O4/c1-6(2)7(17)3-18-5-20-8-4-19-9(8)10(12,13)11(14,15)16/h8-9H,1,3-5H2,2H3. The molecule has 0 N–H and O–H groups in total. The Balaban J connectivity index is 2.36. The maximum atomic E-state index is 12.9. The van der Waals surface area contributed by atoms with Gasteiger partial charge in [-0.25, -0.2) is 0 Å². The molecular formula is C11H13F5O4. The van der Waals surface area contributed by atoms with Gasteiger partial charge >= 0.3 is 12.1 Å². The summed E-state index contributed by atoms with van der Waals surface area (Å²) in [4.78, 5) is 11.1. The summed E-state index contributed by atoms with van der Waals surface area (Å²) in [5.74, 6) is -5.42. The Kier molecular flexibility index (Phi) is 5.22. The first-order valence-electron chi connectivity index (χ1n) is 5.51. The summed E-state index contributed by atoms with van der Waals surface area (Å²) in [5.41, 5.74) is 0.235. The molecule has 2 atom stereocenters. The molecule has 0 aromatic rings. The Bertz CT molecular complexity index is 379. The minimum atomic E-state index is -5.71. The lowest BCUT2D eigenvalue weighted by atomic mass is 10.0. The van der Waals surface area contributed by atoms with Crippen molar-refractivity contribution in [2.75, 3.05) is 20.0 Å². The minimum absolute atomic E-state index is 0.235. The molecule has 1 saturated heterocycles. The highest BCUT2D eigenvalue weighted by Gasteiger charge is 2.67. The SMILES string of the molecule is C=C(C)C(=O)COCOC1COC1C(F)(F)C(F)(F)F. The van der Waals surface area contributed by atoms with Crippen LogP contribution in [0.4, 0.5) is 22.0 Å². The van der Waals surface area contributed by atoms with E-state index in [-0.39, 0.29) is 12.2 Å². The van der Waals surface area contributed by atoms with E-state index in [1.165, 1.54) is 6.92 Å². The zero-order valence-corrected chi connectivity index (χ0v) is 10.5. The third kappa shape index (κ3) is 3.74. The molecule has 1 rings (SSSR count). The van der Waals surface area contributed by atoms with E-state index in [1.807, 2.05) is 0 Å². The van der Waals surface area contributed by atoms with E-state index in [0.29, 0.717) is 0 Å². The van der Waals surface area contributed by atoms with Crippen LogP contribution in [0.2, 0.25) is 0 Å². The quantitative estimate of drug-likeness (QED) is 0.313. The third-order valence-corrected chi connectivity index (χ3v) is 2.59. The number of alkyl halides is 5. The van der Waals surface area contributed by atoms with Crippen LogP contribution in [0.1, 0.15) is 6.92 Å². The highest BCUT2D eigenvalue weighted by Crippen LogP contribution is 2.43. The first-order chi connectivity index (χ1) is 9.07. The number of hydrogen-bond acceptors (Lipinski definition) is 4. The maximum absolute atomic E-state index is 12.9. The smallest absolute Gasteiger partial charge is 0.366 e. The van der Waals surface area contributed by atoms with Crippen LogP contribution in [0.3, 0.4) is 0 Å². The number of ketones is 1. The third-order valence-electron chi connectivity index (χ3n) is 2.59. The van der Waals surface area contributed by atoms with Crippen LogP contribution in [-0.2, 0) is 19.0 Å². The lowest BCUT2D eigenvalue weighted by Gasteiger charge is -2.41. The van der Waals surface area contributed by atoms with Gasteiger partial charge in [0.15, 0.2) is 11.9 Å². The zero-order valence-electron chi connectivity index (χ0n) is 10.5. The summed E-state index contributed by atoms with van der Waals surface area (Å²) in [6, 6.07) is 0. The molecule has 20 heavy (non-hydrogen) atoms. The van der Waals surface area contributed by atoms with E-state index in [9.17, 15) is 26.7 Å². The normalized spacial score (nSPS) is 23.3. The van der Waals surface area contributed by atoms with E-state index in [1.54, 1.807) is 0 Å². The molecule has 1 aliphatic heterocycles. The Labute approximate surface area is 111 Å². The number of rotatable bonds is 7. The second-order valence-electron chi connectivity index (χ2n) is 4.25. The fraction of sp³-hybridized carbons (Fsp3) is 0.727. The molecule has 0 aromatic heterocycles. The number of ether oxygens (including phenoxy) is 3. The molecule has 0 amide bonds. The largest absolute Gasteiger partial charge is 0.456 e. The van der Waals surface area contributed by atoms with Crippen molar-refractivity contribution in [1.82, 2.24) is 0 Å². The minimum Gasteiger partial charge on any atom is -0.366 e. The topological polar surface area (TPSA) is 44.8 Å². The molecular weight excluding hydrogens is 291 g/mol. The highest BCUT2D eigenvalue weighted by molar-refractivity contribution is 5.95. The first-order valence-corrected chi connectivity index (χ1v) is 5.51. The van der Waals surface area contributed by atoms with Gasteiger partial charge in [-0.05, 0) is 12.5 Å². The summed E-state index contributed by atoms with van der Waals surface area (Å²) >= 11 is 0. The number of carbonyl (C=O) groups excluding carboxylic acids is 1. The van der Waals surface area contributed by atoms with Crippen molar-refractivity contribution in [2.45, 2.75) is 31.2 Å². The van der Waals surface area contributed by atoms with Gasteiger partial charge in [-0.1, -0.05) is 6.58 Å². The van der Waals surface area contributed by atoms with Gasteiger partial charge in [-0.2, -0.15) is 22.0 Å². The summed E-state index contributed by atoms with van der Waals surface area (Å²) in [5, 5.41) is 0. The van der Waals surface area contributed by atoms with Crippen molar-refractivity contribution in [1.29, 1.82) is 0 Å². The van der Waals surface area contributed by atoms with Gasteiger partial charge in [-0.3, -0.25) is 4.79 Å². The molecule has 9 heteroatoms. The van der Waals surface area contributed by atoms with Crippen molar-refractivity contribution in [3.8, 4) is 0 Å². The maximum Gasteiger partial charge on any atom is 0.456 e. The van der Waals surface area contributed by atoms with Crippen LogP contribution in [-0.4, -0.2) is 50.1 Å². The monoisotopic (exact) mass is 304 g/mol. The van der Waals surface area contributed by atoms with Gasteiger partial charge in [0.1, 0.15) is 19.5 Å². The van der Waals surface area contributed by atoms with Crippen molar-refractivity contribution in [3.63, 3.8) is 0 Å². The molecule has 1 aliphatic rings. The summed E-state index contributed by atoms with van der Waals surface area (Å²) < 4.78 is 75.7. The predicted octanol–water partition coefficient (Wildman–Crippen LogP) is 2.09. The van der Waals surface area contributed by atoms with E-state index < -0.39 is 43.5 Å². The molecule has 0 bridgehead atoms. The van der Waals surface area contributed by atoms with Crippen molar-refractivity contribution in [3.05, 3.63) is 12.2 Å². The van der Waals surface area contributed by atoms with Crippen molar-refractivity contribution in [2.24, 2.45) is 0 Å². The zero-order chi connectivity index (χ0) is 15.6. The number of carbonyl (C=O) groups is 1. The van der Waals surface area contributed by atoms with Gasteiger partial charge in [0.25, 0.3) is 0 Å². The van der Waals surface area contributed by atoms with Gasteiger partial charge in [0.05, 0.1) is 6.61 Å². The molecule has 116 valence electrons. The Hall–Kier alpha value is -1.06. The van der Waals surface area contributed by atoms with Crippen LogP contribution < -0.4 is 0 Å². The second-order valence-corrected chi connectivity index (χ2v) is 4.25. The van der Waals surface area contributed by atoms with Crippen LogP contribution in [0.25, 0.3) is 0 Å². The van der Waals surface area contributed by atoms with Gasteiger partial charge in [0, 0.05) is 0 Å². The Morgan fingerprint density at radius 1 is 1.35 bits per heavy atom. The Morgan fingerprint density at radius 3 is 2.35 bits per heavy atom. The van der Waals surface area contributed by atoms with Gasteiger partial charge in [0.2, 0.25) is 0 Å². The molecule has 4 nitrogen and oxygen atoms in total. The number of halogens is 5. The van der Waals surface area contributed by atoms with Crippen LogP contribution in [0.5, 0.6) is 0 Å². The molecule has 0 aliphatic carbocycles. The lowest BCUT2D eigenvalue weighted by molar-refractivity contribution is -0.367. The van der Waals surface area contributed by atoms with Crippen LogP contribution in [0, 0.1) is 0 Å². The summed E-state index contributed by atoms with van der Waals surface area (Å²) in [6.07, 6.45) is -9.55. The molecule has 0 saturated carbocycles. The Morgan fingerprint density at radius 2 is 1.95 bits per heavy atom. The highest BCUT2D eigenvalue weighted by atomic mass is 19.4. The average molecular weight is 304 g/mol. The van der Waals surface area contributed by atoms with E-state index >= 15 is 0 Å². The average Bonchev–Trinajstić information content (AvgIpc) is 2.24. The summed E-state index contributed by atoms with van der Waals surface area (Å²) in [7, 11) is 0. The van der Waals surface area contributed by atoms with Crippen molar-refractivity contribution < 1.29 is 41.0 Å². The van der Waals surface area contributed by atoms with Crippen LogP contribution in [0.15, 0.2) is 12.2 Å². The molecule has 0 radical (unpaired) electrons. The summed E-state index contributed by atoms with van der Waals surface area (Å²) in [6.45, 7) is 3.44. The van der Waals surface area contributed by atoms with E-state index in [0.717, 1.165) is 0 Å². The van der Waals surface area contributed by atoms with Crippen molar-refractivity contribution >= 4 is 5.78 Å². The fourth-order valence-electron chi connectivity index (χ4n) is 1.30. The number of hydrogen-bond donors (Lipinski definition) is 0. The first kappa shape index (κ1) is 17.0. The van der Waals surface area contributed by atoms with Crippen LogP contribution >= 0.6 is 0 Å². The van der Waals surface area contributed by atoms with E-state index in [4.69, 9.17) is 9.47 Å². The molecule has 0 aromatic carbocycles. The molecule has 1 fully saturated rings.